The van der Waals surface area contributed by atoms with E-state index >= 15 is 0 Å². The number of hydrogen-bond acceptors (Lipinski definition) is 10. The van der Waals surface area contributed by atoms with E-state index in [0.717, 1.165) is 16.8 Å². The summed E-state index contributed by atoms with van der Waals surface area (Å²) in [4.78, 5) is 61.9. The predicted octanol–water partition coefficient (Wildman–Crippen LogP) is -1.49. The number of aliphatic hydroxyl groups is 2. The fraction of sp³-hybridized carbons (Fsp3) is 0.667. The van der Waals surface area contributed by atoms with E-state index in [1.807, 2.05) is 4.98 Å². The van der Waals surface area contributed by atoms with E-state index in [1.54, 1.807) is 27.7 Å². The van der Waals surface area contributed by atoms with Crippen LogP contribution in [0.25, 0.3) is 0 Å². The highest BCUT2D eigenvalue weighted by Gasteiger charge is 2.44. The van der Waals surface area contributed by atoms with Crippen LogP contribution in [0.2, 0.25) is 0 Å². The number of carbonyl (C=O) groups is 3. The quantitative estimate of drug-likeness (QED) is 0.249. The van der Waals surface area contributed by atoms with Gasteiger partial charge in [-0.05, 0) is 34.1 Å². The van der Waals surface area contributed by atoms with Gasteiger partial charge in [0.25, 0.3) is 5.56 Å². The Balaban J connectivity index is 2.04. The van der Waals surface area contributed by atoms with Crippen molar-refractivity contribution in [2.45, 2.75) is 76.7 Å². The molecular weight excluding hydrogens is 468 g/mol. The molecule has 0 spiro atoms. The molecule has 2 rings (SSSR count). The molecule has 0 aromatic carbocycles. The Morgan fingerprint density at radius 2 is 1.91 bits per heavy atom. The number of aromatic nitrogens is 2. The van der Waals surface area contributed by atoms with Gasteiger partial charge in [-0.15, -0.1) is 0 Å². The lowest BCUT2D eigenvalue weighted by Crippen LogP contribution is -2.50. The Kier molecular flexibility index (Phi) is 9.56. The standard InChI is InChI=1S/C21H32N4O10/c1-5-33-14(27)7-6-11(23-20(32)35-21(2,3)4)17(30)22-10-12-15(28)16(29)18(34-12)25-9-8-13(26)24-19(25)31/h8-9,11-12,15-16,18,28-29H,5-7,10H2,1-4H3,(H,22,30)(H,23,32)(H,24,26,31)/t11?,12-,15+,16?,18-/m1/s1. The molecule has 14 nitrogen and oxygen atoms in total. The molecule has 5 atom stereocenters. The van der Waals surface area contributed by atoms with Gasteiger partial charge in [0.05, 0.1) is 6.61 Å². The van der Waals surface area contributed by atoms with E-state index in [2.05, 4.69) is 10.6 Å². The summed E-state index contributed by atoms with van der Waals surface area (Å²) in [5.74, 6) is -1.25. The monoisotopic (exact) mass is 500 g/mol. The van der Waals surface area contributed by atoms with Gasteiger partial charge in [0.15, 0.2) is 6.23 Å². The van der Waals surface area contributed by atoms with E-state index in [-0.39, 0.29) is 26.0 Å². The Hall–Kier alpha value is -3.23. The Morgan fingerprint density at radius 3 is 2.51 bits per heavy atom. The molecule has 0 bridgehead atoms. The molecule has 0 radical (unpaired) electrons. The maximum atomic E-state index is 12.8. The first-order chi connectivity index (χ1) is 16.3. The van der Waals surface area contributed by atoms with Crippen LogP contribution in [0.3, 0.4) is 0 Å². The van der Waals surface area contributed by atoms with Gasteiger partial charge >= 0.3 is 17.8 Å². The zero-order chi connectivity index (χ0) is 26.3. The van der Waals surface area contributed by atoms with Crippen molar-refractivity contribution in [3.63, 3.8) is 0 Å². The van der Waals surface area contributed by atoms with Crippen molar-refractivity contribution < 1.29 is 38.8 Å². The third-order valence-corrected chi connectivity index (χ3v) is 4.89. The second-order valence-corrected chi connectivity index (χ2v) is 8.85. The largest absolute Gasteiger partial charge is 0.466 e. The summed E-state index contributed by atoms with van der Waals surface area (Å²) in [7, 11) is 0. The number of ether oxygens (including phenoxy) is 3. The van der Waals surface area contributed by atoms with E-state index in [1.165, 1.54) is 0 Å². The molecule has 35 heavy (non-hydrogen) atoms. The van der Waals surface area contributed by atoms with Crippen molar-refractivity contribution in [1.82, 2.24) is 20.2 Å². The molecule has 196 valence electrons. The molecule has 0 saturated carbocycles. The smallest absolute Gasteiger partial charge is 0.408 e. The molecule has 5 N–H and O–H groups in total. The Bertz CT molecular complexity index is 1010. The molecule has 14 heteroatoms. The van der Waals surface area contributed by atoms with Gasteiger partial charge in [-0.3, -0.25) is 23.9 Å². The highest BCUT2D eigenvalue weighted by molar-refractivity contribution is 5.86. The zero-order valence-electron chi connectivity index (χ0n) is 20.0. The van der Waals surface area contributed by atoms with Gasteiger partial charge in [-0.2, -0.15) is 0 Å². The number of aliphatic hydroxyl groups excluding tert-OH is 2. The van der Waals surface area contributed by atoms with Crippen molar-refractivity contribution in [2.75, 3.05) is 13.2 Å². The van der Waals surface area contributed by atoms with E-state index in [4.69, 9.17) is 14.2 Å². The zero-order valence-corrected chi connectivity index (χ0v) is 20.0. The van der Waals surface area contributed by atoms with Crippen LogP contribution in [0.1, 0.15) is 46.8 Å². The van der Waals surface area contributed by atoms with Crippen molar-refractivity contribution in [3.8, 4) is 0 Å². The second kappa shape index (κ2) is 12.0. The molecule has 1 aliphatic rings. The molecule has 1 saturated heterocycles. The Morgan fingerprint density at radius 1 is 1.23 bits per heavy atom. The number of nitrogens with one attached hydrogen (secondary N) is 3. The van der Waals surface area contributed by atoms with Gasteiger partial charge in [-0.1, -0.05) is 0 Å². The summed E-state index contributed by atoms with van der Waals surface area (Å²) < 4.78 is 16.5. The lowest BCUT2D eigenvalue weighted by atomic mass is 10.1. The number of amides is 2. The van der Waals surface area contributed by atoms with Crippen LogP contribution in [-0.2, 0) is 23.8 Å². The molecule has 0 aliphatic carbocycles. The van der Waals surface area contributed by atoms with Gasteiger partial charge in [-0.25, -0.2) is 9.59 Å². The van der Waals surface area contributed by atoms with Crippen molar-refractivity contribution in [1.29, 1.82) is 0 Å². The SMILES string of the molecule is CCOC(=O)CCC(NC(=O)OC(C)(C)C)C(=O)NC[C@H]1O[C@@H](n2ccc(=O)[nH]c2=O)C(O)[C@H]1O. The lowest BCUT2D eigenvalue weighted by molar-refractivity contribution is -0.143. The normalized spacial score (nSPS) is 22.8. The fourth-order valence-corrected chi connectivity index (χ4v) is 3.29. The van der Waals surface area contributed by atoms with Gasteiger partial charge < -0.3 is 35.1 Å². The van der Waals surface area contributed by atoms with Gasteiger partial charge in [0, 0.05) is 25.2 Å². The number of nitrogens with zero attached hydrogens (tertiary/aromatic N) is 1. The number of carbonyl (C=O) groups excluding carboxylic acids is 3. The molecule has 1 aromatic heterocycles. The number of alkyl carbamates (subject to hydrolysis) is 1. The molecule has 2 unspecified atom stereocenters. The van der Waals surface area contributed by atoms with E-state index in [0.29, 0.717) is 0 Å². The van der Waals surface area contributed by atoms with Crippen molar-refractivity contribution in [2.24, 2.45) is 0 Å². The highest BCUT2D eigenvalue weighted by atomic mass is 16.6. The molecule has 2 heterocycles. The summed E-state index contributed by atoms with van der Waals surface area (Å²) >= 11 is 0. The fourth-order valence-electron chi connectivity index (χ4n) is 3.29. The van der Waals surface area contributed by atoms with Crippen LogP contribution < -0.4 is 21.9 Å². The molecule has 1 aliphatic heterocycles. The molecule has 2 amide bonds. The minimum absolute atomic E-state index is 0.0873. The first-order valence-corrected chi connectivity index (χ1v) is 11.1. The average Bonchev–Trinajstić information content (AvgIpc) is 3.02. The maximum Gasteiger partial charge on any atom is 0.408 e. The number of hydrogen-bond donors (Lipinski definition) is 5. The third kappa shape index (κ3) is 8.19. The first-order valence-electron chi connectivity index (χ1n) is 11.1. The lowest BCUT2D eigenvalue weighted by Gasteiger charge is -2.24. The second-order valence-electron chi connectivity index (χ2n) is 8.85. The van der Waals surface area contributed by atoms with Crippen LogP contribution in [0, 0.1) is 0 Å². The summed E-state index contributed by atoms with van der Waals surface area (Å²) in [6, 6.07) is -0.120. The van der Waals surface area contributed by atoms with E-state index < -0.39 is 65.4 Å². The summed E-state index contributed by atoms with van der Waals surface area (Å²) in [6.07, 6.45) is -5.43. The minimum Gasteiger partial charge on any atom is -0.466 e. The van der Waals surface area contributed by atoms with Crippen molar-refractivity contribution >= 4 is 18.0 Å². The van der Waals surface area contributed by atoms with E-state index in [9.17, 15) is 34.2 Å². The number of aromatic amines is 1. The van der Waals surface area contributed by atoms with Crippen molar-refractivity contribution in [3.05, 3.63) is 33.1 Å². The average molecular weight is 501 g/mol. The minimum atomic E-state index is -1.53. The van der Waals surface area contributed by atoms with Crippen LogP contribution >= 0.6 is 0 Å². The molecule has 1 fully saturated rings. The Labute approximate surface area is 200 Å². The summed E-state index contributed by atoms with van der Waals surface area (Å²) in [5.41, 5.74) is -2.31. The molecular formula is C21H32N4O10. The van der Waals surface area contributed by atoms with Crippen LogP contribution in [-0.4, -0.2) is 80.8 Å². The van der Waals surface area contributed by atoms with Gasteiger partial charge in [0.2, 0.25) is 5.91 Å². The predicted molar refractivity (Wildman–Crippen MR) is 119 cm³/mol. The number of esters is 1. The van der Waals surface area contributed by atoms with Gasteiger partial charge in [0.1, 0.15) is 30.0 Å². The van der Waals surface area contributed by atoms with Crippen LogP contribution in [0.15, 0.2) is 21.9 Å². The molecule has 1 aromatic rings. The first kappa shape index (κ1) is 28.0. The highest BCUT2D eigenvalue weighted by Crippen LogP contribution is 2.27. The van der Waals surface area contributed by atoms with Crippen LogP contribution in [0.4, 0.5) is 4.79 Å². The third-order valence-electron chi connectivity index (χ3n) is 4.89. The topological polar surface area (TPSA) is 198 Å². The number of H-pyrrole nitrogens is 1. The maximum absolute atomic E-state index is 12.8. The van der Waals surface area contributed by atoms with Crippen LogP contribution in [0.5, 0.6) is 0 Å². The number of rotatable bonds is 9. The summed E-state index contributed by atoms with van der Waals surface area (Å²) in [5, 5.41) is 25.5. The summed E-state index contributed by atoms with van der Waals surface area (Å²) in [6.45, 7) is 6.44.